The van der Waals surface area contributed by atoms with Gasteiger partial charge in [-0.3, -0.25) is 20.9 Å². The van der Waals surface area contributed by atoms with E-state index in [1.165, 1.54) is 104 Å². The topological polar surface area (TPSA) is 0 Å². The summed E-state index contributed by atoms with van der Waals surface area (Å²) in [5.41, 5.74) is 14.5. The fourth-order valence-corrected chi connectivity index (χ4v) is 6.36. The van der Waals surface area contributed by atoms with Crippen LogP contribution in [0.25, 0.3) is 22.3 Å². The van der Waals surface area contributed by atoms with Crippen LogP contribution in [0.3, 0.4) is 0 Å². The van der Waals surface area contributed by atoms with Crippen LogP contribution >= 0.6 is 24.8 Å². The molecule has 0 fully saturated rings. The van der Waals surface area contributed by atoms with Gasteiger partial charge < -0.3 is 0 Å². The van der Waals surface area contributed by atoms with Crippen molar-refractivity contribution in [3.8, 4) is 11.1 Å². The number of halogens is 4. The van der Waals surface area contributed by atoms with Crippen LogP contribution in [0.1, 0.15) is 81.3 Å². The van der Waals surface area contributed by atoms with E-state index >= 15 is 0 Å². The molecule has 0 saturated carbocycles. The molecule has 0 amide bonds. The van der Waals surface area contributed by atoms with Gasteiger partial charge in [-0.15, -0.1) is 67.1 Å². The average Bonchev–Trinajstić information content (AvgIpc) is 3.81. The standard InChI is InChI=1S/C25H25.2C6H4F.C5H5.CH2.2ClH.Zr/c1-14-12-24(3,4)22-8-16-7-17-9-23-19(15(2)13-25(23,5)6)11-21(17)20(16)10-18(14)22;2*7-6-4-2-1-3-5-6;1-2-4-5-3-1;;;;/h8-12H,7H2,1-6H3;2*1-2,4-5H;1-3H,4H2;1H2;2*1H;/q4*-1;;;;. The van der Waals surface area contributed by atoms with E-state index in [0.29, 0.717) is 0 Å². The SMILES string of the molecule is CC1=[C-]C(C)(C)c2cc3c(cc21)-c1cc2c(cc1C3)C(C)(C)C=C2C.Cl.Cl.Fc1c[c-]ccc1.Fc1c[c-]ccc1.[C-]1=CC=CC1.[CH2]=[Zr]. The second-order valence-corrected chi connectivity index (χ2v) is 12.7. The second-order valence-electron chi connectivity index (χ2n) is 12.7. The van der Waals surface area contributed by atoms with Crippen molar-refractivity contribution in [3.05, 3.63) is 166 Å². The van der Waals surface area contributed by atoms with Crippen LogP contribution in [-0.4, -0.2) is 4.21 Å². The molecule has 4 aromatic carbocycles. The van der Waals surface area contributed by atoms with Crippen LogP contribution in [-0.2, 0) is 41.5 Å². The van der Waals surface area contributed by atoms with Crippen molar-refractivity contribution in [1.29, 1.82) is 0 Å². The van der Waals surface area contributed by atoms with Crippen LogP contribution in [0.4, 0.5) is 8.78 Å². The summed E-state index contributed by atoms with van der Waals surface area (Å²) >= 11 is 1.30. The van der Waals surface area contributed by atoms with E-state index in [2.05, 4.69) is 106 Å². The van der Waals surface area contributed by atoms with Crippen molar-refractivity contribution >= 4 is 40.2 Å². The van der Waals surface area contributed by atoms with Crippen LogP contribution in [0, 0.1) is 35.9 Å². The first-order chi connectivity index (χ1) is 22.0. The maximum atomic E-state index is 11.9. The Kier molecular flexibility index (Phi) is 15.6. The third kappa shape index (κ3) is 9.81. The Balaban J connectivity index is 0.000000284. The summed E-state index contributed by atoms with van der Waals surface area (Å²) in [7, 11) is 0. The van der Waals surface area contributed by atoms with Gasteiger partial charge in [-0.05, 0) is 58.4 Å². The van der Waals surface area contributed by atoms with E-state index in [9.17, 15) is 8.78 Å². The molecule has 0 aliphatic heterocycles. The van der Waals surface area contributed by atoms with Crippen molar-refractivity contribution in [2.24, 2.45) is 0 Å². The zero-order chi connectivity index (χ0) is 33.5. The Morgan fingerprint density at radius 3 is 1.71 bits per heavy atom. The van der Waals surface area contributed by atoms with E-state index in [1.807, 2.05) is 12.2 Å². The fraction of sp³-hybridized carbons (Fsp3) is 0.233. The van der Waals surface area contributed by atoms with Crippen molar-refractivity contribution in [2.75, 3.05) is 0 Å². The predicted octanol–water partition coefficient (Wildman–Crippen LogP) is 11.8. The zero-order valence-corrected chi connectivity index (χ0v) is 32.5. The molecular weight excluding hydrogens is 717 g/mol. The molecule has 0 spiro atoms. The van der Waals surface area contributed by atoms with Gasteiger partial charge in [0.2, 0.25) is 0 Å². The van der Waals surface area contributed by atoms with Crippen molar-refractivity contribution < 1.29 is 33.0 Å². The summed E-state index contributed by atoms with van der Waals surface area (Å²) in [6.45, 7) is 13.7. The number of rotatable bonds is 0. The van der Waals surface area contributed by atoms with Crippen molar-refractivity contribution in [1.82, 2.24) is 0 Å². The number of hydrogen-bond donors (Lipinski definition) is 0. The molecule has 0 heterocycles. The number of fused-ring (bicyclic) bond motifs is 5. The molecule has 0 bridgehead atoms. The molecule has 4 aliphatic rings. The van der Waals surface area contributed by atoms with Crippen molar-refractivity contribution in [3.63, 3.8) is 0 Å². The molecule has 0 radical (unpaired) electrons. The van der Waals surface area contributed by atoms with Crippen LogP contribution in [0.5, 0.6) is 0 Å². The fourth-order valence-electron chi connectivity index (χ4n) is 6.36. The first kappa shape index (κ1) is 41.2. The molecule has 4 aliphatic carbocycles. The van der Waals surface area contributed by atoms with Crippen molar-refractivity contribution in [2.45, 2.75) is 65.2 Å². The van der Waals surface area contributed by atoms with Crippen LogP contribution < -0.4 is 0 Å². The molecule has 48 heavy (non-hydrogen) atoms. The molecule has 0 unspecified atom stereocenters. The molecule has 4 aromatic rings. The van der Waals surface area contributed by atoms with Gasteiger partial charge in [0.25, 0.3) is 0 Å². The van der Waals surface area contributed by atoms with Crippen LogP contribution in [0.2, 0.25) is 0 Å². The van der Waals surface area contributed by atoms with E-state index in [0.717, 1.165) is 12.8 Å². The summed E-state index contributed by atoms with van der Waals surface area (Å²) in [6, 6.07) is 26.9. The quantitative estimate of drug-likeness (QED) is 0.138. The van der Waals surface area contributed by atoms with E-state index < -0.39 is 0 Å². The molecular formula is C43H42Cl2F2Zr-4. The molecule has 0 N–H and O–H groups in total. The van der Waals surface area contributed by atoms with Gasteiger partial charge in [0.05, 0.1) is 0 Å². The van der Waals surface area contributed by atoms with E-state index in [-0.39, 0.29) is 47.3 Å². The molecule has 250 valence electrons. The monoisotopic (exact) mass is 756 g/mol. The van der Waals surface area contributed by atoms with Gasteiger partial charge in [0.15, 0.2) is 0 Å². The van der Waals surface area contributed by atoms with Gasteiger partial charge in [0.1, 0.15) is 0 Å². The second kappa shape index (κ2) is 18.1. The Labute approximate surface area is 313 Å². The summed E-state index contributed by atoms with van der Waals surface area (Å²) < 4.78 is 27.1. The average molecular weight is 759 g/mol. The van der Waals surface area contributed by atoms with Gasteiger partial charge in [-0.2, -0.15) is 48.0 Å². The molecule has 0 aromatic heterocycles. The van der Waals surface area contributed by atoms with Gasteiger partial charge in [-0.25, -0.2) is 17.7 Å². The molecule has 0 saturated heterocycles. The minimum atomic E-state index is -0.234. The minimum absolute atomic E-state index is 0. The van der Waals surface area contributed by atoms with Crippen LogP contribution in [0.15, 0.2) is 97.1 Å². The first-order valence-electron chi connectivity index (χ1n) is 15.4. The third-order valence-corrected chi connectivity index (χ3v) is 8.36. The summed E-state index contributed by atoms with van der Waals surface area (Å²) in [5.74, 6) is -0.468. The van der Waals surface area contributed by atoms with Gasteiger partial charge >= 0.3 is 28.4 Å². The molecule has 0 atom stereocenters. The molecule has 8 rings (SSSR count). The summed E-state index contributed by atoms with van der Waals surface area (Å²) in [4.78, 5) is 0. The van der Waals surface area contributed by atoms with Gasteiger partial charge in [-0.1, -0.05) is 58.2 Å². The van der Waals surface area contributed by atoms with Gasteiger partial charge in [0, 0.05) is 17.0 Å². The first-order valence-corrected chi connectivity index (χ1v) is 17.2. The summed E-state index contributed by atoms with van der Waals surface area (Å²) in [6.07, 6.45) is 17.1. The predicted molar refractivity (Wildman–Crippen MR) is 200 cm³/mol. The molecule has 5 heteroatoms. The third-order valence-electron chi connectivity index (χ3n) is 8.36. The Morgan fingerprint density at radius 2 is 1.29 bits per heavy atom. The zero-order valence-electron chi connectivity index (χ0n) is 28.4. The summed E-state index contributed by atoms with van der Waals surface area (Å²) in [5, 5.41) is 0. The Hall–Kier alpha value is -2.97. The normalized spacial score (nSPS) is 15.1. The number of benzene rings is 4. The Bertz CT molecular complexity index is 1670. The number of allylic oxidation sites excluding steroid dienone is 8. The number of hydrogen-bond acceptors (Lipinski definition) is 0. The maximum absolute atomic E-state index is 11.9. The van der Waals surface area contributed by atoms with E-state index in [4.69, 9.17) is 0 Å². The Morgan fingerprint density at radius 1 is 0.750 bits per heavy atom. The molecule has 0 nitrogen and oxygen atoms in total. The van der Waals surface area contributed by atoms with E-state index in [1.54, 1.807) is 24.3 Å².